The van der Waals surface area contributed by atoms with E-state index in [9.17, 15) is 0 Å². The number of allylic oxidation sites excluding steroid dienone is 4. The zero-order valence-electron chi connectivity index (χ0n) is 19.4. The Morgan fingerprint density at radius 1 is 1.16 bits per heavy atom. The number of aliphatic imine (C=N–C) groups is 2. The van der Waals surface area contributed by atoms with E-state index in [1.807, 2.05) is 13.0 Å². The Morgan fingerprint density at radius 2 is 1.94 bits per heavy atom. The minimum atomic E-state index is 0.254. The van der Waals surface area contributed by atoms with E-state index in [4.69, 9.17) is 15.7 Å². The molecular weight excluding hydrogens is 384 g/mol. The number of aromatic nitrogens is 1. The number of nitrogens with two attached hydrogens (primary N) is 1. The predicted octanol–water partition coefficient (Wildman–Crippen LogP) is 3.38. The number of hydrogen-bond donors (Lipinski definition) is 2. The van der Waals surface area contributed by atoms with Gasteiger partial charge in [-0.1, -0.05) is 26.0 Å². The van der Waals surface area contributed by atoms with Crippen molar-refractivity contribution in [2.75, 3.05) is 19.6 Å². The second-order valence-electron chi connectivity index (χ2n) is 9.48. The summed E-state index contributed by atoms with van der Waals surface area (Å²) in [4.78, 5) is 16.8. The number of fused-ring (bicyclic) bond motifs is 1. The van der Waals surface area contributed by atoms with Crippen LogP contribution in [0, 0.1) is 12.8 Å². The number of piperidine rings is 1. The normalized spacial score (nSPS) is 21.0. The quantitative estimate of drug-likeness (QED) is 0.739. The van der Waals surface area contributed by atoms with Crippen LogP contribution in [-0.2, 0) is 6.42 Å². The van der Waals surface area contributed by atoms with Crippen molar-refractivity contribution in [3.8, 4) is 0 Å². The van der Waals surface area contributed by atoms with Crippen molar-refractivity contribution in [2.45, 2.75) is 65.5 Å². The summed E-state index contributed by atoms with van der Waals surface area (Å²) >= 11 is 0. The number of pyridine rings is 1. The third kappa shape index (κ3) is 5.31. The summed E-state index contributed by atoms with van der Waals surface area (Å²) < 4.78 is 0. The van der Waals surface area contributed by atoms with Gasteiger partial charge < -0.3 is 16.0 Å². The third-order valence-electron chi connectivity index (χ3n) is 6.67. The van der Waals surface area contributed by atoms with Crippen LogP contribution in [0.25, 0.3) is 0 Å². The first kappa shape index (κ1) is 21.9. The van der Waals surface area contributed by atoms with Gasteiger partial charge in [-0.15, -0.1) is 0 Å². The molecule has 0 aromatic carbocycles. The molecular formula is C25H36N6. The molecule has 0 bridgehead atoms. The van der Waals surface area contributed by atoms with Crippen LogP contribution >= 0.6 is 0 Å². The molecule has 31 heavy (non-hydrogen) atoms. The average molecular weight is 421 g/mol. The number of hydrogen-bond acceptors (Lipinski definition) is 6. The van der Waals surface area contributed by atoms with Crippen LogP contribution in [0.5, 0.6) is 0 Å². The van der Waals surface area contributed by atoms with E-state index in [2.05, 4.69) is 54.2 Å². The first-order valence-corrected chi connectivity index (χ1v) is 11.6. The Hall–Kier alpha value is -2.31. The summed E-state index contributed by atoms with van der Waals surface area (Å²) in [5.74, 6) is 1.31. The Morgan fingerprint density at radius 3 is 2.65 bits per heavy atom. The van der Waals surface area contributed by atoms with Gasteiger partial charge >= 0.3 is 0 Å². The number of nitrogens with one attached hydrogen (secondary N) is 1. The predicted molar refractivity (Wildman–Crippen MR) is 128 cm³/mol. The van der Waals surface area contributed by atoms with Crippen molar-refractivity contribution in [2.24, 2.45) is 21.6 Å². The van der Waals surface area contributed by atoms with E-state index in [0.29, 0.717) is 12.0 Å². The van der Waals surface area contributed by atoms with E-state index in [-0.39, 0.29) is 6.04 Å². The van der Waals surface area contributed by atoms with Crippen LogP contribution in [0.3, 0.4) is 0 Å². The monoisotopic (exact) mass is 420 g/mol. The summed E-state index contributed by atoms with van der Waals surface area (Å²) in [5.41, 5.74) is 13.1. The highest BCUT2D eigenvalue weighted by Crippen LogP contribution is 2.29. The molecule has 3 heterocycles. The molecule has 1 aliphatic carbocycles. The summed E-state index contributed by atoms with van der Waals surface area (Å²) in [6.07, 6.45) is 6.19. The molecule has 2 aliphatic heterocycles. The molecule has 1 fully saturated rings. The maximum Gasteiger partial charge on any atom is 0.223 e. The van der Waals surface area contributed by atoms with Gasteiger partial charge in [0.05, 0.1) is 11.4 Å². The highest BCUT2D eigenvalue weighted by atomic mass is 15.2. The number of nitrogens with zero attached hydrogens (tertiary/aromatic N) is 4. The second kappa shape index (κ2) is 9.45. The van der Waals surface area contributed by atoms with Gasteiger partial charge in [0.2, 0.25) is 5.96 Å². The van der Waals surface area contributed by atoms with Gasteiger partial charge in [-0.25, -0.2) is 9.98 Å². The van der Waals surface area contributed by atoms with Gasteiger partial charge in [0.1, 0.15) is 0 Å². The first-order chi connectivity index (χ1) is 14.9. The lowest BCUT2D eigenvalue weighted by Gasteiger charge is -2.34. The molecule has 1 aromatic heterocycles. The summed E-state index contributed by atoms with van der Waals surface area (Å²) in [7, 11) is 0. The summed E-state index contributed by atoms with van der Waals surface area (Å²) in [5, 5.41) is 3.60. The number of rotatable bonds is 6. The van der Waals surface area contributed by atoms with Crippen LogP contribution in [-0.4, -0.2) is 53.3 Å². The van der Waals surface area contributed by atoms with Gasteiger partial charge in [0.25, 0.3) is 0 Å². The largest absolute Gasteiger partial charge is 0.351 e. The molecule has 0 radical (unpaired) electrons. The fourth-order valence-electron chi connectivity index (χ4n) is 4.46. The molecule has 1 aromatic rings. The standard InChI is InChI=1S/C25H36N6/c1-16(2)22(26)15-31-12-10-20(11-13-31)28-25-29-23-9-8-19(18(4)24(23)30-25)14-21-7-5-6-17(3)27-21/h5-8,16,20,22H,9-15,26H2,1-4H3,(H,28,30). The molecule has 0 spiro atoms. The minimum absolute atomic E-state index is 0.254. The van der Waals surface area contributed by atoms with Crippen LogP contribution in [0.4, 0.5) is 0 Å². The zero-order valence-corrected chi connectivity index (χ0v) is 19.4. The number of aryl methyl sites for hydroxylation is 1. The first-order valence-electron chi connectivity index (χ1n) is 11.6. The van der Waals surface area contributed by atoms with Crippen molar-refractivity contribution in [3.63, 3.8) is 0 Å². The minimum Gasteiger partial charge on any atom is -0.351 e. The highest BCUT2D eigenvalue weighted by molar-refractivity contribution is 6.14. The lowest BCUT2D eigenvalue weighted by atomic mass is 9.92. The van der Waals surface area contributed by atoms with Gasteiger partial charge in [0, 0.05) is 55.9 Å². The second-order valence-corrected chi connectivity index (χ2v) is 9.48. The van der Waals surface area contributed by atoms with E-state index in [1.165, 1.54) is 11.1 Å². The van der Waals surface area contributed by atoms with Gasteiger partial charge in [-0.3, -0.25) is 4.98 Å². The molecule has 1 atom stereocenters. The zero-order chi connectivity index (χ0) is 22.0. The molecule has 4 rings (SSSR count). The van der Waals surface area contributed by atoms with Crippen LogP contribution < -0.4 is 11.1 Å². The molecule has 1 unspecified atom stereocenters. The van der Waals surface area contributed by atoms with Gasteiger partial charge in [0.15, 0.2) is 0 Å². The fourth-order valence-corrected chi connectivity index (χ4v) is 4.46. The molecule has 3 aliphatic rings. The third-order valence-corrected chi connectivity index (χ3v) is 6.67. The smallest absolute Gasteiger partial charge is 0.223 e. The van der Waals surface area contributed by atoms with Crippen molar-refractivity contribution in [1.82, 2.24) is 15.2 Å². The highest BCUT2D eigenvalue weighted by Gasteiger charge is 2.26. The Balaban J connectivity index is 1.35. The Labute approximate surface area is 186 Å². The Bertz CT molecular complexity index is 931. The summed E-state index contributed by atoms with van der Waals surface area (Å²) in [6, 6.07) is 6.90. The van der Waals surface area contributed by atoms with E-state index in [0.717, 1.165) is 74.1 Å². The number of guanidine groups is 1. The Kier molecular flexibility index (Phi) is 6.68. The maximum atomic E-state index is 6.25. The van der Waals surface area contributed by atoms with E-state index in [1.54, 1.807) is 0 Å². The molecule has 0 saturated carbocycles. The number of likely N-dealkylation sites (tertiary alicyclic amines) is 1. The molecule has 166 valence electrons. The van der Waals surface area contributed by atoms with Crippen LogP contribution in [0.2, 0.25) is 0 Å². The average Bonchev–Trinajstić information content (AvgIpc) is 3.15. The lowest BCUT2D eigenvalue weighted by Crippen LogP contribution is -2.48. The molecule has 6 nitrogen and oxygen atoms in total. The fraction of sp³-hybridized carbons (Fsp3) is 0.560. The SMILES string of the molecule is CC1=C2N=C(NC3CCN(CC(N)C(C)C)CC3)N=C2CC=C1Cc1cccc(C)n1. The van der Waals surface area contributed by atoms with Crippen molar-refractivity contribution < 1.29 is 0 Å². The lowest BCUT2D eigenvalue weighted by molar-refractivity contribution is 0.184. The van der Waals surface area contributed by atoms with E-state index >= 15 is 0 Å². The molecule has 3 N–H and O–H groups in total. The maximum absolute atomic E-state index is 6.25. The molecule has 6 heteroatoms. The van der Waals surface area contributed by atoms with Crippen molar-refractivity contribution >= 4 is 11.7 Å². The van der Waals surface area contributed by atoms with Gasteiger partial charge in [-0.05, 0) is 55.9 Å². The molecule has 0 amide bonds. The molecule has 1 saturated heterocycles. The topological polar surface area (TPSA) is 78.9 Å². The van der Waals surface area contributed by atoms with Crippen LogP contribution in [0.15, 0.2) is 51.1 Å². The van der Waals surface area contributed by atoms with Crippen molar-refractivity contribution in [3.05, 3.63) is 52.5 Å². The summed E-state index contributed by atoms with van der Waals surface area (Å²) in [6.45, 7) is 11.8. The van der Waals surface area contributed by atoms with E-state index < -0.39 is 0 Å². The van der Waals surface area contributed by atoms with Gasteiger partial charge in [-0.2, -0.15) is 0 Å². The van der Waals surface area contributed by atoms with Crippen molar-refractivity contribution in [1.29, 1.82) is 0 Å². The van der Waals surface area contributed by atoms with Crippen LogP contribution in [0.1, 0.15) is 51.4 Å².